The molecule has 1 aromatic heterocycles. The van der Waals surface area contributed by atoms with Crippen LogP contribution in [-0.4, -0.2) is 17.6 Å². The monoisotopic (exact) mass is 360 g/mol. The molecule has 0 amide bonds. The Hall–Kier alpha value is -2.40. The van der Waals surface area contributed by atoms with Crippen LogP contribution in [0.3, 0.4) is 0 Å². The highest BCUT2D eigenvalue weighted by atomic mass is 35.5. The minimum Gasteiger partial charge on any atom is -0.432 e. The number of aromatic nitrogens is 1. The van der Waals surface area contributed by atoms with Gasteiger partial charge < -0.3 is 10.1 Å². The Balaban J connectivity index is 1.86. The van der Waals surface area contributed by atoms with Crippen LogP contribution in [0, 0.1) is 0 Å². The number of benzene rings is 2. The average Bonchev–Trinajstić information content (AvgIpc) is 3.40. The van der Waals surface area contributed by atoms with E-state index in [1.54, 1.807) is 24.4 Å². The Morgan fingerprint density at radius 2 is 2.00 bits per heavy atom. The van der Waals surface area contributed by atoms with Crippen molar-refractivity contribution in [2.24, 2.45) is 0 Å². The molecule has 0 radical (unpaired) electrons. The Labute approximate surface area is 148 Å². The topological polar surface area (TPSA) is 34.1 Å². The van der Waals surface area contributed by atoms with Crippen LogP contribution in [0.2, 0.25) is 5.02 Å². The summed E-state index contributed by atoms with van der Waals surface area (Å²) in [7, 11) is 0. The predicted octanol–water partition coefficient (Wildman–Crippen LogP) is 5.73. The maximum atomic E-state index is 13.0. The van der Waals surface area contributed by atoms with Gasteiger partial charge >= 0.3 is 6.61 Å². The van der Waals surface area contributed by atoms with E-state index in [9.17, 15) is 8.78 Å². The van der Waals surface area contributed by atoms with E-state index in [0.717, 1.165) is 18.2 Å². The lowest BCUT2D eigenvalue weighted by atomic mass is 10.0. The standard InChI is InChI=1S/C19H15ClF2N2O/c20-15-10-12(9-11-3-2-8-23-17(11)15)14-4-1-5-16(24-13-6-7-13)18(14)25-19(21)22/h1-5,8-10,13,19,24H,6-7H2. The van der Waals surface area contributed by atoms with Gasteiger partial charge in [-0.3, -0.25) is 4.98 Å². The van der Waals surface area contributed by atoms with Crippen LogP contribution in [0.5, 0.6) is 5.75 Å². The third kappa shape index (κ3) is 3.37. The minimum absolute atomic E-state index is 0.142. The van der Waals surface area contributed by atoms with Crippen molar-refractivity contribution in [2.45, 2.75) is 25.5 Å². The summed E-state index contributed by atoms with van der Waals surface area (Å²) in [5, 5.41) is 4.56. The van der Waals surface area contributed by atoms with Crippen molar-refractivity contribution >= 4 is 28.2 Å². The summed E-state index contributed by atoms with van der Waals surface area (Å²) in [6.45, 7) is -2.90. The molecule has 25 heavy (non-hydrogen) atoms. The quantitative estimate of drug-likeness (QED) is 0.630. The summed E-state index contributed by atoms with van der Waals surface area (Å²) in [6, 6.07) is 12.9. The van der Waals surface area contributed by atoms with E-state index >= 15 is 0 Å². The number of ether oxygens (including phenoxy) is 1. The summed E-state index contributed by atoms with van der Waals surface area (Å²) < 4.78 is 30.8. The molecule has 1 heterocycles. The van der Waals surface area contributed by atoms with Crippen LogP contribution < -0.4 is 10.1 Å². The smallest absolute Gasteiger partial charge is 0.387 e. The highest BCUT2D eigenvalue weighted by Crippen LogP contribution is 2.41. The molecule has 0 aliphatic heterocycles. The first kappa shape index (κ1) is 16.1. The first-order valence-corrected chi connectivity index (χ1v) is 8.38. The van der Waals surface area contributed by atoms with Gasteiger partial charge in [-0.2, -0.15) is 8.78 Å². The van der Waals surface area contributed by atoms with Gasteiger partial charge in [0.05, 0.1) is 16.2 Å². The summed E-state index contributed by atoms with van der Waals surface area (Å²) in [6.07, 6.45) is 3.73. The lowest BCUT2D eigenvalue weighted by molar-refractivity contribution is -0.0489. The van der Waals surface area contributed by atoms with Crippen molar-refractivity contribution in [2.75, 3.05) is 5.32 Å². The van der Waals surface area contributed by atoms with Gasteiger partial charge in [-0.25, -0.2) is 0 Å². The number of fused-ring (bicyclic) bond motifs is 1. The van der Waals surface area contributed by atoms with Gasteiger partial charge in [0.2, 0.25) is 0 Å². The van der Waals surface area contributed by atoms with Crippen molar-refractivity contribution in [1.82, 2.24) is 4.98 Å². The summed E-state index contributed by atoms with van der Waals surface area (Å²) in [5.41, 5.74) is 2.53. The lowest BCUT2D eigenvalue weighted by Crippen LogP contribution is -2.08. The number of anilines is 1. The number of hydrogen-bond acceptors (Lipinski definition) is 3. The minimum atomic E-state index is -2.90. The van der Waals surface area contributed by atoms with Crippen molar-refractivity contribution in [3.8, 4) is 16.9 Å². The fourth-order valence-electron chi connectivity index (χ4n) is 2.84. The van der Waals surface area contributed by atoms with E-state index < -0.39 is 6.61 Å². The first-order chi connectivity index (χ1) is 12.1. The number of nitrogens with one attached hydrogen (secondary N) is 1. The summed E-state index contributed by atoms with van der Waals surface area (Å²) in [4.78, 5) is 4.26. The maximum Gasteiger partial charge on any atom is 0.387 e. The van der Waals surface area contributed by atoms with Gasteiger partial charge in [0.15, 0.2) is 5.75 Å². The molecule has 128 valence electrons. The van der Waals surface area contributed by atoms with E-state index in [1.807, 2.05) is 24.3 Å². The normalized spacial score (nSPS) is 14.1. The molecule has 1 fully saturated rings. The van der Waals surface area contributed by atoms with Gasteiger partial charge in [0, 0.05) is 23.2 Å². The molecule has 0 spiro atoms. The van der Waals surface area contributed by atoms with Crippen molar-refractivity contribution in [3.05, 3.63) is 53.7 Å². The summed E-state index contributed by atoms with van der Waals surface area (Å²) in [5.74, 6) is 0.142. The molecule has 0 atom stereocenters. The third-order valence-corrected chi connectivity index (χ3v) is 4.42. The van der Waals surface area contributed by atoms with Crippen molar-refractivity contribution in [1.29, 1.82) is 0 Å². The van der Waals surface area contributed by atoms with Crippen molar-refractivity contribution in [3.63, 3.8) is 0 Å². The molecule has 1 aliphatic rings. The molecule has 0 bridgehead atoms. The molecule has 4 rings (SSSR count). The first-order valence-electron chi connectivity index (χ1n) is 8.01. The molecule has 6 heteroatoms. The second-order valence-electron chi connectivity index (χ2n) is 6.01. The Bertz CT molecular complexity index is 928. The molecule has 3 nitrogen and oxygen atoms in total. The molecule has 0 unspecified atom stereocenters. The number of halogens is 3. The Morgan fingerprint density at radius 1 is 1.16 bits per heavy atom. The summed E-state index contributed by atoms with van der Waals surface area (Å²) >= 11 is 6.34. The molecule has 1 saturated carbocycles. The highest BCUT2D eigenvalue weighted by Gasteiger charge is 2.24. The van der Waals surface area contributed by atoms with E-state index in [2.05, 4.69) is 10.3 Å². The lowest BCUT2D eigenvalue weighted by Gasteiger charge is -2.17. The van der Waals surface area contributed by atoms with Crippen LogP contribution in [0.25, 0.3) is 22.0 Å². The van der Waals surface area contributed by atoms with Crippen LogP contribution in [0.15, 0.2) is 48.7 Å². The second-order valence-corrected chi connectivity index (χ2v) is 6.42. The molecule has 1 N–H and O–H groups in total. The molecule has 2 aromatic carbocycles. The van der Waals surface area contributed by atoms with Gasteiger partial charge in [-0.05, 0) is 42.7 Å². The Kier molecular flexibility index (Phi) is 4.17. The maximum absolute atomic E-state index is 13.0. The molecule has 1 aliphatic carbocycles. The zero-order valence-corrected chi connectivity index (χ0v) is 13.9. The third-order valence-electron chi connectivity index (χ3n) is 4.13. The number of para-hydroxylation sites is 1. The SMILES string of the molecule is FC(F)Oc1c(NC2CC2)cccc1-c1cc(Cl)c2ncccc2c1. The van der Waals surface area contributed by atoms with Crippen LogP contribution >= 0.6 is 11.6 Å². The number of hydrogen-bond donors (Lipinski definition) is 1. The van der Waals surface area contributed by atoms with Crippen LogP contribution in [0.1, 0.15) is 12.8 Å². The zero-order valence-electron chi connectivity index (χ0n) is 13.2. The van der Waals surface area contributed by atoms with Gasteiger partial charge in [-0.1, -0.05) is 29.8 Å². The Morgan fingerprint density at radius 3 is 2.76 bits per heavy atom. The van der Waals surface area contributed by atoms with Gasteiger partial charge in [0.25, 0.3) is 0 Å². The predicted molar refractivity (Wildman–Crippen MR) is 95.5 cm³/mol. The van der Waals surface area contributed by atoms with Crippen molar-refractivity contribution < 1.29 is 13.5 Å². The number of nitrogens with zero attached hydrogens (tertiary/aromatic N) is 1. The second kappa shape index (κ2) is 6.48. The highest BCUT2D eigenvalue weighted by molar-refractivity contribution is 6.35. The van der Waals surface area contributed by atoms with Crippen LogP contribution in [-0.2, 0) is 0 Å². The van der Waals surface area contributed by atoms with Gasteiger partial charge in [-0.15, -0.1) is 0 Å². The number of rotatable bonds is 5. The fraction of sp³-hybridized carbons (Fsp3) is 0.211. The number of pyridine rings is 1. The van der Waals surface area contributed by atoms with E-state index in [1.165, 1.54) is 0 Å². The average molecular weight is 361 g/mol. The number of alkyl halides is 2. The van der Waals surface area contributed by atoms with Gasteiger partial charge in [0.1, 0.15) is 0 Å². The molecular formula is C19H15ClF2N2O. The fourth-order valence-corrected chi connectivity index (χ4v) is 3.12. The molecule has 3 aromatic rings. The molecule has 0 saturated heterocycles. The molecular weight excluding hydrogens is 346 g/mol. The zero-order chi connectivity index (χ0) is 17.4. The largest absolute Gasteiger partial charge is 0.432 e. The van der Waals surface area contributed by atoms with E-state index in [-0.39, 0.29) is 5.75 Å². The van der Waals surface area contributed by atoms with E-state index in [4.69, 9.17) is 16.3 Å². The van der Waals surface area contributed by atoms with E-state index in [0.29, 0.717) is 33.4 Å². The van der Waals surface area contributed by atoms with Crippen LogP contribution in [0.4, 0.5) is 14.5 Å².